The summed E-state index contributed by atoms with van der Waals surface area (Å²) in [5, 5.41) is 8.83. The number of carbonyl (C=O) groups is 1. The summed E-state index contributed by atoms with van der Waals surface area (Å²) >= 11 is 3.94. The van der Waals surface area contributed by atoms with Crippen molar-refractivity contribution in [3.8, 4) is 0 Å². The number of hydrogen-bond donors (Lipinski definition) is 2. The molecule has 0 saturated carbocycles. The Balaban J connectivity index is 2.86. The predicted molar refractivity (Wildman–Crippen MR) is 75.2 cm³/mol. The maximum atomic E-state index is 12.0. The molecular weight excluding hydrogens is 358 g/mol. The van der Waals surface area contributed by atoms with Crippen molar-refractivity contribution in [3.63, 3.8) is 0 Å². The number of aromatic carboxylic acids is 1. The number of thiophene rings is 1. The molecule has 1 heterocycles. The van der Waals surface area contributed by atoms with Gasteiger partial charge in [0.25, 0.3) is 0 Å². The number of ether oxygens (including phenoxy) is 1. The third-order valence-electron chi connectivity index (χ3n) is 2.23. The van der Waals surface area contributed by atoms with Gasteiger partial charge in [-0.05, 0) is 27.9 Å². The molecule has 2 N–H and O–H groups in total. The molecule has 6 nitrogen and oxygen atoms in total. The van der Waals surface area contributed by atoms with Crippen molar-refractivity contribution in [3.05, 3.63) is 14.7 Å². The molecule has 0 aromatic carbocycles. The van der Waals surface area contributed by atoms with E-state index in [-0.39, 0.29) is 26.0 Å². The summed E-state index contributed by atoms with van der Waals surface area (Å²) < 4.78 is 31.7. The van der Waals surface area contributed by atoms with Crippen LogP contribution in [0.15, 0.2) is 14.7 Å². The van der Waals surface area contributed by atoms with E-state index in [9.17, 15) is 13.2 Å². The standard InChI is InChI=1S/C10H14BrNO5S2/c1-6(5-17-2)4-12-19(15,16)8-3-7(10(13)14)18-9(8)11/h3,6,12H,4-5H2,1-2H3,(H,13,14). The van der Waals surface area contributed by atoms with E-state index in [1.54, 1.807) is 7.11 Å². The maximum absolute atomic E-state index is 12.0. The van der Waals surface area contributed by atoms with Crippen LogP contribution in [0.1, 0.15) is 16.6 Å². The van der Waals surface area contributed by atoms with Gasteiger partial charge < -0.3 is 9.84 Å². The highest BCUT2D eigenvalue weighted by atomic mass is 79.9. The number of hydrogen-bond acceptors (Lipinski definition) is 5. The van der Waals surface area contributed by atoms with Crippen molar-refractivity contribution in [2.75, 3.05) is 20.3 Å². The Morgan fingerprint density at radius 1 is 1.63 bits per heavy atom. The van der Waals surface area contributed by atoms with E-state index in [0.29, 0.717) is 6.61 Å². The van der Waals surface area contributed by atoms with Crippen LogP contribution in [0.5, 0.6) is 0 Å². The SMILES string of the molecule is COCC(C)CNS(=O)(=O)c1cc(C(=O)O)sc1Br. The van der Waals surface area contributed by atoms with Crippen molar-refractivity contribution in [1.29, 1.82) is 0 Å². The van der Waals surface area contributed by atoms with Crippen LogP contribution in [0, 0.1) is 5.92 Å². The number of nitrogens with one attached hydrogen (secondary N) is 1. The molecule has 1 aromatic heterocycles. The molecular formula is C10H14BrNO5S2. The fraction of sp³-hybridized carbons (Fsp3) is 0.500. The second-order valence-corrected chi connectivity index (χ2v) is 8.07. The van der Waals surface area contributed by atoms with Crippen LogP contribution in [-0.4, -0.2) is 39.8 Å². The molecule has 1 aromatic rings. The Morgan fingerprint density at radius 3 is 2.74 bits per heavy atom. The van der Waals surface area contributed by atoms with E-state index < -0.39 is 16.0 Å². The first kappa shape index (κ1) is 16.6. The van der Waals surface area contributed by atoms with Crippen LogP contribution >= 0.6 is 27.3 Å². The molecule has 0 amide bonds. The Kier molecular flexibility index (Phi) is 5.93. The number of carboxylic acid groups (broad SMARTS) is 1. The van der Waals surface area contributed by atoms with Gasteiger partial charge in [0.05, 0.1) is 3.79 Å². The van der Waals surface area contributed by atoms with Crippen LogP contribution in [0.4, 0.5) is 0 Å². The first-order valence-corrected chi connectivity index (χ1v) is 8.38. The topological polar surface area (TPSA) is 92.7 Å². The summed E-state index contributed by atoms with van der Waals surface area (Å²) in [4.78, 5) is 10.7. The highest BCUT2D eigenvalue weighted by Crippen LogP contribution is 2.31. The minimum Gasteiger partial charge on any atom is -0.477 e. The minimum atomic E-state index is -3.72. The van der Waals surface area contributed by atoms with Gasteiger partial charge in [-0.1, -0.05) is 6.92 Å². The van der Waals surface area contributed by atoms with Gasteiger partial charge in [0.2, 0.25) is 10.0 Å². The molecule has 1 rings (SSSR count). The number of carboxylic acids is 1. The molecule has 0 spiro atoms. The zero-order chi connectivity index (χ0) is 14.6. The van der Waals surface area contributed by atoms with Crippen LogP contribution < -0.4 is 4.72 Å². The molecule has 0 aliphatic carbocycles. The summed E-state index contributed by atoms with van der Waals surface area (Å²) in [7, 11) is -2.18. The molecule has 0 bridgehead atoms. The zero-order valence-electron chi connectivity index (χ0n) is 10.3. The average Bonchev–Trinajstić information content (AvgIpc) is 2.70. The van der Waals surface area contributed by atoms with E-state index in [2.05, 4.69) is 20.7 Å². The number of halogens is 1. The fourth-order valence-corrected chi connectivity index (χ4v) is 4.88. The second kappa shape index (κ2) is 6.80. The Bertz CT molecular complexity index is 554. The van der Waals surface area contributed by atoms with Crippen LogP contribution in [0.2, 0.25) is 0 Å². The van der Waals surface area contributed by atoms with Gasteiger partial charge >= 0.3 is 5.97 Å². The lowest BCUT2D eigenvalue weighted by Gasteiger charge is -2.11. The van der Waals surface area contributed by atoms with Crippen molar-refractivity contribution in [1.82, 2.24) is 4.72 Å². The Hall–Kier alpha value is -0.480. The minimum absolute atomic E-state index is 0.0242. The first-order chi connectivity index (χ1) is 8.77. The predicted octanol–water partition coefficient (Wildman–Crippen LogP) is 1.77. The summed E-state index contributed by atoms with van der Waals surface area (Å²) in [5.74, 6) is -1.13. The lowest BCUT2D eigenvalue weighted by atomic mass is 10.2. The van der Waals surface area contributed by atoms with Gasteiger partial charge in [-0.2, -0.15) is 0 Å². The molecule has 9 heteroatoms. The van der Waals surface area contributed by atoms with Gasteiger partial charge in [0.15, 0.2) is 0 Å². The Labute approximate surface area is 124 Å². The van der Waals surface area contributed by atoms with Gasteiger partial charge in [-0.25, -0.2) is 17.9 Å². The lowest BCUT2D eigenvalue weighted by molar-refractivity contribution is 0.0702. The summed E-state index contributed by atoms with van der Waals surface area (Å²) in [6.07, 6.45) is 0. The average molecular weight is 372 g/mol. The molecule has 108 valence electrons. The van der Waals surface area contributed by atoms with Crippen LogP contribution in [0.3, 0.4) is 0 Å². The number of methoxy groups -OCH3 is 1. The monoisotopic (exact) mass is 371 g/mol. The van der Waals surface area contributed by atoms with E-state index in [4.69, 9.17) is 9.84 Å². The summed E-state index contributed by atoms with van der Waals surface area (Å²) in [6.45, 7) is 2.51. The molecule has 0 saturated heterocycles. The molecule has 0 fully saturated rings. The fourth-order valence-electron chi connectivity index (χ4n) is 1.31. The molecule has 19 heavy (non-hydrogen) atoms. The molecule has 1 atom stereocenters. The van der Waals surface area contributed by atoms with E-state index in [1.807, 2.05) is 6.92 Å². The largest absolute Gasteiger partial charge is 0.477 e. The Morgan fingerprint density at radius 2 is 2.26 bits per heavy atom. The second-order valence-electron chi connectivity index (χ2n) is 3.97. The van der Waals surface area contributed by atoms with Crippen molar-refractivity contribution < 1.29 is 23.1 Å². The van der Waals surface area contributed by atoms with Gasteiger partial charge in [0.1, 0.15) is 9.77 Å². The quantitative estimate of drug-likeness (QED) is 0.761. The molecule has 0 aliphatic rings. The molecule has 0 radical (unpaired) electrons. The van der Waals surface area contributed by atoms with E-state index in [1.165, 1.54) is 0 Å². The summed E-state index contributed by atoms with van der Waals surface area (Å²) in [5.41, 5.74) is 0. The number of rotatable bonds is 7. The third-order valence-corrected chi connectivity index (χ3v) is 5.89. The molecule has 0 aliphatic heterocycles. The first-order valence-electron chi connectivity index (χ1n) is 5.29. The zero-order valence-corrected chi connectivity index (χ0v) is 13.6. The summed E-state index contributed by atoms with van der Waals surface area (Å²) in [6, 6.07) is 1.14. The van der Waals surface area contributed by atoms with E-state index >= 15 is 0 Å². The van der Waals surface area contributed by atoms with E-state index in [0.717, 1.165) is 17.4 Å². The van der Waals surface area contributed by atoms with Crippen LogP contribution in [0.25, 0.3) is 0 Å². The lowest BCUT2D eigenvalue weighted by Crippen LogP contribution is -2.30. The van der Waals surface area contributed by atoms with Gasteiger partial charge in [0, 0.05) is 20.3 Å². The normalized spacial score (nSPS) is 13.4. The highest BCUT2D eigenvalue weighted by Gasteiger charge is 2.23. The number of sulfonamides is 1. The van der Waals surface area contributed by atoms with Crippen LogP contribution in [-0.2, 0) is 14.8 Å². The highest BCUT2D eigenvalue weighted by molar-refractivity contribution is 9.11. The smallest absolute Gasteiger partial charge is 0.345 e. The van der Waals surface area contributed by atoms with Crippen molar-refractivity contribution in [2.45, 2.75) is 11.8 Å². The van der Waals surface area contributed by atoms with Gasteiger partial charge in [-0.15, -0.1) is 11.3 Å². The maximum Gasteiger partial charge on any atom is 0.345 e. The van der Waals surface area contributed by atoms with Gasteiger partial charge in [-0.3, -0.25) is 0 Å². The third kappa shape index (κ3) is 4.53. The van der Waals surface area contributed by atoms with Crippen molar-refractivity contribution in [2.24, 2.45) is 5.92 Å². The van der Waals surface area contributed by atoms with Crippen molar-refractivity contribution >= 4 is 43.3 Å². The molecule has 1 unspecified atom stereocenters.